The van der Waals surface area contributed by atoms with Crippen LogP contribution in [0.1, 0.15) is 27.7 Å². The van der Waals surface area contributed by atoms with Crippen molar-refractivity contribution >= 4 is 54.9 Å². The number of amides is 1. The fourth-order valence-corrected chi connectivity index (χ4v) is 3.72. The zero-order valence-corrected chi connectivity index (χ0v) is 21.5. The number of carbonyl (C=O) groups is 1. The minimum Gasteiger partial charge on any atom is -0.394 e. The molecule has 9 N–H and O–H groups in total. The number of anilines is 1. The first kappa shape index (κ1) is 29.1. The standard InChI is InChI=1S/C21H21B2BrClN5O7/c1-9-2-11(6-28-17(9)24)15(8-31)29-18(32)14-3-10(5-26-14)12-4-16(27-7-13(12)25)30-19(33,20(22,34)35)21(23,36)37/h2-7,15,26,31,33-37H,8H2,1H3,(H,27,30)(H,29,32)/t15-/m1/s1. The maximum Gasteiger partial charge on any atom is 0.268 e. The molecule has 0 aliphatic carbocycles. The number of H-pyrrole nitrogens is 1. The highest BCUT2D eigenvalue weighted by Gasteiger charge is 2.56. The van der Waals surface area contributed by atoms with Crippen molar-refractivity contribution in [2.24, 2.45) is 0 Å². The molecule has 0 aliphatic heterocycles. The molecule has 0 unspecified atom stereocenters. The first-order valence-corrected chi connectivity index (χ1v) is 11.6. The van der Waals surface area contributed by atoms with Gasteiger partial charge >= 0.3 is 0 Å². The highest BCUT2D eigenvalue weighted by Crippen LogP contribution is 2.33. The molecule has 3 heterocycles. The lowest BCUT2D eigenvalue weighted by molar-refractivity contribution is -0.303. The second-order valence-electron chi connectivity index (χ2n) is 8.22. The molecule has 1 amide bonds. The number of rotatable bonds is 9. The third-order valence-corrected chi connectivity index (χ3v) is 6.53. The molecule has 12 nitrogen and oxygen atoms in total. The van der Waals surface area contributed by atoms with Crippen molar-refractivity contribution in [3.63, 3.8) is 0 Å². The summed E-state index contributed by atoms with van der Waals surface area (Å²) in [6.07, 6.45) is 4.06. The van der Waals surface area contributed by atoms with Gasteiger partial charge in [-0.05, 0) is 52.2 Å². The van der Waals surface area contributed by atoms with Gasteiger partial charge in [-0.3, -0.25) is 4.79 Å². The van der Waals surface area contributed by atoms with Crippen LogP contribution in [-0.2, 0) is 0 Å². The lowest BCUT2D eigenvalue weighted by atomic mass is 9.71. The topological polar surface area (TPSA) is 204 Å². The zero-order chi connectivity index (χ0) is 27.8. The largest absolute Gasteiger partial charge is 0.394 e. The SMILES string of the molecule is [B]C(O)(O)C(O)(Nc1cc(-c2c[nH]c(C(=O)N[C@H](CO)c3cnc(Br)c(C)c3)c2)c(Cl)cn1)C([B])(O)O. The summed E-state index contributed by atoms with van der Waals surface area (Å²) >= 11 is 9.52. The molecule has 0 saturated carbocycles. The van der Waals surface area contributed by atoms with E-state index in [1.807, 2.05) is 12.2 Å². The second-order valence-corrected chi connectivity index (χ2v) is 9.38. The zero-order valence-electron chi connectivity index (χ0n) is 19.1. The monoisotopic (exact) mass is 591 g/mol. The highest BCUT2D eigenvalue weighted by atomic mass is 79.9. The van der Waals surface area contributed by atoms with Crippen LogP contribution in [0.3, 0.4) is 0 Å². The summed E-state index contributed by atoms with van der Waals surface area (Å²) in [5, 5.41) is 63.4. The van der Waals surface area contributed by atoms with Gasteiger partial charge < -0.3 is 46.3 Å². The number of carbonyl (C=O) groups excluding carboxylic acids is 1. The lowest BCUT2D eigenvalue weighted by Gasteiger charge is -2.45. The Balaban J connectivity index is 1.86. The highest BCUT2D eigenvalue weighted by molar-refractivity contribution is 9.10. The average Bonchev–Trinajstić information content (AvgIpc) is 3.29. The van der Waals surface area contributed by atoms with Gasteiger partial charge in [0.05, 0.1) is 17.7 Å². The summed E-state index contributed by atoms with van der Waals surface area (Å²) in [5.41, 5.74) is -8.63. The van der Waals surface area contributed by atoms with Crippen LogP contribution in [0.4, 0.5) is 5.82 Å². The van der Waals surface area contributed by atoms with Crippen LogP contribution in [-0.4, -0.2) is 90.9 Å². The van der Waals surface area contributed by atoms with Gasteiger partial charge in [-0.25, -0.2) is 9.97 Å². The molecule has 3 aromatic rings. The van der Waals surface area contributed by atoms with Crippen molar-refractivity contribution in [2.75, 3.05) is 11.9 Å². The van der Waals surface area contributed by atoms with Gasteiger partial charge in [0, 0.05) is 29.7 Å². The Kier molecular flexibility index (Phi) is 8.41. The van der Waals surface area contributed by atoms with Crippen molar-refractivity contribution in [3.8, 4) is 11.1 Å². The van der Waals surface area contributed by atoms with Gasteiger partial charge in [0.15, 0.2) is 27.1 Å². The van der Waals surface area contributed by atoms with Crippen LogP contribution in [0.25, 0.3) is 11.1 Å². The third kappa shape index (κ3) is 6.16. The number of nitrogens with zero attached hydrogens (tertiary/aromatic N) is 2. The fraction of sp³-hybridized carbons (Fsp3) is 0.286. The summed E-state index contributed by atoms with van der Waals surface area (Å²) in [6.45, 7) is 1.44. The first-order valence-electron chi connectivity index (χ1n) is 10.4. The number of aliphatic hydroxyl groups excluding tert-OH is 1. The molecule has 37 heavy (non-hydrogen) atoms. The van der Waals surface area contributed by atoms with Crippen LogP contribution in [0, 0.1) is 6.92 Å². The van der Waals surface area contributed by atoms with Crippen LogP contribution >= 0.6 is 27.5 Å². The Morgan fingerprint density at radius 2 is 1.78 bits per heavy atom. The molecule has 4 radical (unpaired) electrons. The molecule has 192 valence electrons. The third-order valence-electron chi connectivity index (χ3n) is 5.39. The Morgan fingerprint density at radius 3 is 2.35 bits per heavy atom. The Morgan fingerprint density at radius 1 is 1.14 bits per heavy atom. The molecule has 0 spiro atoms. The van der Waals surface area contributed by atoms with E-state index in [-0.39, 0.29) is 28.7 Å². The number of aromatic amines is 1. The molecule has 0 aromatic carbocycles. The molecular formula is C21H21B2BrClN5O7. The van der Waals surface area contributed by atoms with E-state index in [2.05, 4.69) is 36.2 Å². The number of hydrogen-bond acceptors (Lipinski definition) is 10. The minimum atomic E-state index is -3.63. The van der Waals surface area contributed by atoms with Gasteiger partial charge in [0.2, 0.25) is 5.72 Å². The number of pyridine rings is 2. The van der Waals surface area contributed by atoms with E-state index in [1.54, 1.807) is 6.07 Å². The van der Waals surface area contributed by atoms with Gasteiger partial charge in [-0.15, -0.1) is 0 Å². The smallest absolute Gasteiger partial charge is 0.268 e. The molecule has 3 aromatic heterocycles. The number of aliphatic hydroxyl groups is 6. The average molecular weight is 592 g/mol. The summed E-state index contributed by atoms with van der Waals surface area (Å²) in [6, 6.07) is 3.66. The van der Waals surface area contributed by atoms with Crippen molar-refractivity contribution < 1.29 is 35.4 Å². The van der Waals surface area contributed by atoms with Gasteiger partial charge in [0.25, 0.3) is 5.91 Å². The predicted molar refractivity (Wildman–Crippen MR) is 137 cm³/mol. The van der Waals surface area contributed by atoms with Gasteiger partial charge in [0.1, 0.15) is 16.1 Å². The molecule has 0 saturated heterocycles. The van der Waals surface area contributed by atoms with Crippen molar-refractivity contribution in [3.05, 3.63) is 63.2 Å². The minimum absolute atomic E-state index is 0.0868. The van der Waals surface area contributed by atoms with E-state index in [0.29, 0.717) is 15.7 Å². The number of halogens is 2. The maximum absolute atomic E-state index is 12.8. The van der Waals surface area contributed by atoms with E-state index < -0.39 is 29.0 Å². The first-order chi connectivity index (χ1) is 17.1. The molecule has 0 aliphatic rings. The number of aromatic nitrogens is 3. The normalized spacial score (nSPS) is 13.3. The van der Waals surface area contributed by atoms with Gasteiger partial charge in [-0.1, -0.05) is 11.6 Å². The van der Waals surface area contributed by atoms with E-state index in [0.717, 1.165) is 11.8 Å². The summed E-state index contributed by atoms with van der Waals surface area (Å²) in [5.74, 6) is -0.894. The van der Waals surface area contributed by atoms with Crippen molar-refractivity contribution in [1.82, 2.24) is 20.3 Å². The van der Waals surface area contributed by atoms with E-state index >= 15 is 0 Å². The number of hydrogen-bond donors (Lipinski definition) is 9. The predicted octanol–water partition coefficient (Wildman–Crippen LogP) is -0.626. The van der Waals surface area contributed by atoms with Crippen molar-refractivity contribution in [1.29, 1.82) is 0 Å². The van der Waals surface area contributed by atoms with Crippen LogP contribution in [0.5, 0.6) is 0 Å². The molecule has 3 rings (SSSR count). The number of aryl methyl sites for hydroxylation is 1. The summed E-state index contributed by atoms with van der Waals surface area (Å²) in [7, 11) is 10.1. The lowest BCUT2D eigenvalue weighted by Crippen LogP contribution is -2.73. The van der Waals surface area contributed by atoms with Crippen LogP contribution in [0.2, 0.25) is 5.02 Å². The maximum atomic E-state index is 12.8. The second kappa shape index (κ2) is 10.7. The molecule has 16 heteroatoms. The fourth-order valence-electron chi connectivity index (χ4n) is 3.29. The van der Waals surface area contributed by atoms with Crippen LogP contribution in [0.15, 0.2) is 41.4 Å². The Hall–Kier alpha value is -2.49. The Labute approximate surface area is 226 Å². The van der Waals surface area contributed by atoms with E-state index in [1.165, 1.54) is 24.5 Å². The summed E-state index contributed by atoms with van der Waals surface area (Å²) in [4.78, 5) is 23.6. The number of nitrogens with one attached hydrogen (secondary N) is 3. The molecule has 1 atom stereocenters. The van der Waals surface area contributed by atoms with Gasteiger partial charge in [-0.2, -0.15) is 0 Å². The molecule has 0 fully saturated rings. The Bertz CT molecular complexity index is 1290. The van der Waals surface area contributed by atoms with Crippen molar-refractivity contribution in [2.45, 2.75) is 30.1 Å². The summed E-state index contributed by atoms with van der Waals surface area (Å²) < 4.78 is 0.639. The molecular weight excluding hydrogens is 571 g/mol. The molecule has 0 bridgehead atoms. The van der Waals surface area contributed by atoms with Crippen LogP contribution < -0.4 is 10.6 Å². The van der Waals surface area contributed by atoms with E-state index in [9.17, 15) is 35.4 Å². The quantitative estimate of drug-likeness (QED) is 0.0875. The van der Waals surface area contributed by atoms with E-state index in [4.69, 9.17) is 27.3 Å².